The zero-order chi connectivity index (χ0) is 11.3. The molecular formula is C10H17N3O2. The fraction of sp³-hybridized carbons (Fsp3) is 0.600. The molecule has 0 radical (unpaired) electrons. The summed E-state index contributed by atoms with van der Waals surface area (Å²) < 4.78 is 1.87. The Kier molecular flexibility index (Phi) is 4.15. The van der Waals surface area contributed by atoms with Crippen LogP contribution in [0.3, 0.4) is 0 Å². The zero-order valence-corrected chi connectivity index (χ0v) is 9.10. The van der Waals surface area contributed by atoms with E-state index in [0.717, 1.165) is 12.4 Å². The van der Waals surface area contributed by atoms with Crippen molar-refractivity contribution >= 4 is 11.9 Å². The van der Waals surface area contributed by atoms with E-state index in [9.17, 15) is 4.79 Å². The molecular weight excluding hydrogens is 194 g/mol. The van der Waals surface area contributed by atoms with Crippen molar-refractivity contribution in [2.75, 3.05) is 11.9 Å². The summed E-state index contributed by atoms with van der Waals surface area (Å²) in [6.07, 6.45) is 4.61. The summed E-state index contributed by atoms with van der Waals surface area (Å²) in [5, 5.41) is 11.8. The van der Waals surface area contributed by atoms with Gasteiger partial charge in [-0.05, 0) is 5.92 Å². The molecule has 0 aliphatic rings. The van der Waals surface area contributed by atoms with E-state index in [1.54, 1.807) is 6.20 Å². The normalized spacial score (nSPS) is 12.4. The van der Waals surface area contributed by atoms with E-state index in [1.807, 2.05) is 24.7 Å². The van der Waals surface area contributed by atoms with Crippen LogP contribution in [-0.2, 0) is 11.8 Å². The van der Waals surface area contributed by atoms with Crippen molar-refractivity contribution in [1.82, 2.24) is 9.55 Å². The lowest BCUT2D eigenvalue weighted by molar-refractivity contribution is -0.138. The number of carboxylic acid groups (broad SMARTS) is 1. The fourth-order valence-electron chi connectivity index (χ4n) is 1.38. The first-order valence-electron chi connectivity index (χ1n) is 5.06. The third-order valence-corrected chi connectivity index (χ3v) is 2.41. The highest BCUT2D eigenvalue weighted by Crippen LogP contribution is 2.10. The second-order valence-electron chi connectivity index (χ2n) is 3.61. The maximum Gasteiger partial charge on any atom is 0.303 e. The van der Waals surface area contributed by atoms with E-state index >= 15 is 0 Å². The highest BCUT2D eigenvalue weighted by molar-refractivity contribution is 5.67. The van der Waals surface area contributed by atoms with Crippen molar-refractivity contribution in [3.8, 4) is 0 Å². The first kappa shape index (κ1) is 11.6. The summed E-state index contributed by atoms with van der Waals surface area (Å²) in [5.74, 6) is 0.182. The number of anilines is 1. The Bertz CT molecular complexity index is 322. The highest BCUT2D eigenvalue weighted by atomic mass is 16.4. The van der Waals surface area contributed by atoms with Crippen molar-refractivity contribution in [1.29, 1.82) is 0 Å². The van der Waals surface area contributed by atoms with Crippen LogP contribution in [0, 0.1) is 5.92 Å². The average Bonchev–Trinajstić information content (AvgIpc) is 2.58. The minimum Gasteiger partial charge on any atom is -0.481 e. The molecule has 1 atom stereocenters. The first-order valence-corrected chi connectivity index (χ1v) is 5.06. The Morgan fingerprint density at radius 1 is 1.73 bits per heavy atom. The molecule has 0 bridgehead atoms. The van der Waals surface area contributed by atoms with Crippen LogP contribution in [0.4, 0.5) is 5.95 Å². The lowest BCUT2D eigenvalue weighted by Crippen LogP contribution is -2.18. The van der Waals surface area contributed by atoms with Gasteiger partial charge in [-0.25, -0.2) is 4.98 Å². The number of nitrogens with one attached hydrogen (secondary N) is 1. The number of nitrogens with zero attached hydrogens (tertiary/aromatic N) is 2. The Labute approximate surface area is 89.1 Å². The highest BCUT2D eigenvalue weighted by Gasteiger charge is 2.11. The standard InChI is InChI=1S/C10H17N3O2/c1-3-8(6-9(14)15)7-12-10-11-4-5-13(10)2/h4-5,8H,3,6-7H2,1-2H3,(H,11,12)(H,14,15). The van der Waals surface area contributed by atoms with E-state index in [4.69, 9.17) is 5.11 Å². The van der Waals surface area contributed by atoms with Crippen molar-refractivity contribution < 1.29 is 9.90 Å². The molecule has 84 valence electrons. The van der Waals surface area contributed by atoms with Gasteiger partial charge in [-0.3, -0.25) is 4.79 Å². The van der Waals surface area contributed by atoms with Crippen LogP contribution in [-0.4, -0.2) is 27.2 Å². The van der Waals surface area contributed by atoms with Gasteiger partial charge in [0, 0.05) is 32.4 Å². The van der Waals surface area contributed by atoms with Crippen LogP contribution >= 0.6 is 0 Å². The van der Waals surface area contributed by atoms with Gasteiger partial charge in [-0.15, -0.1) is 0 Å². The minimum absolute atomic E-state index is 0.152. The SMILES string of the molecule is CCC(CNc1nccn1C)CC(=O)O. The lowest BCUT2D eigenvalue weighted by Gasteiger charge is -2.13. The average molecular weight is 211 g/mol. The van der Waals surface area contributed by atoms with Crippen LogP contribution in [0.2, 0.25) is 0 Å². The van der Waals surface area contributed by atoms with Crippen LogP contribution in [0.15, 0.2) is 12.4 Å². The molecule has 15 heavy (non-hydrogen) atoms. The summed E-state index contributed by atoms with van der Waals surface area (Å²) >= 11 is 0. The molecule has 1 heterocycles. The quantitative estimate of drug-likeness (QED) is 0.745. The van der Waals surface area contributed by atoms with E-state index in [1.165, 1.54) is 0 Å². The van der Waals surface area contributed by atoms with Crippen molar-refractivity contribution in [2.45, 2.75) is 19.8 Å². The third kappa shape index (κ3) is 3.61. The van der Waals surface area contributed by atoms with Gasteiger partial charge in [0.05, 0.1) is 0 Å². The molecule has 1 rings (SSSR count). The monoisotopic (exact) mass is 211 g/mol. The van der Waals surface area contributed by atoms with E-state index < -0.39 is 5.97 Å². The van der Waals surface area contributed by atoms with Crippen molar-refractivity contribution in [2.24, 2.45) is 13.0 Å². The number of aryl methyl sites for hydroxylation is 1. The van der Waals surface area contributed by atoms with Gasteiger partial charge in [0.2, 0.25) is 5.95 Å². The molecule has 0 aliphatic carbocycles. The van der Waals surface area contributed by atoms with Crippen LogP contribution in [0.25, 0.3) is 0 Å². The van der Waals surface area contributed by atoms with E-state index in [-0.39, 0.29) is 12.3 Å². The number of hydrogen-bond acceptors (Lipinski definition) is 3. The van der Waals surface area contributed by atoms with Gasteiger partial charge in [-0.1, -0.05) is 13.3 Å². The molecule has 0 saturated heterocycles. The summed E-state index contributed by atoms with van der Waals surface area (Å²) in [6.45, 7) is 2.64. The summed E-state index contributed by atoms with van der Waals surface area (Å²) in [5.41, 5.74) is 0. The molecule has 1 aromatic heterocycles. The second-order valence-corrected chi connectivity index (χ2v) is 3.61. The summed E-state index contributed by atoms with van der Waals surface area (Å²) in [6, 6.07) is 0. The number of aromatic nitrogens is 2. The molecule has 0 fully saturated rings. The number of carbonyl (C=O) groups is 1. The van der Waals surface area contributed by atoms with Gasteiger partial charge in [-0.2, -0.15) is 0 Å². The predicted molar refractivity (Wildman–Crippen MR) is 57.7 cm³/mol. The van der Waals surface area contributed by atoms with E-state index in [2.05, 4.69) is 10.3 Å². The molecule has 2 N–H and O–H groups in total. The Morgan fingerprint density at radius 2 is 2.47 bits per heavy atom. The Morgan fingerprint density at radius 3 is 2.93 bits per heavy atom. The number of imidazole rings is 1. The molecule has 1 unspecified atom stereocenters. The Hall–Kier alpha value is -1.52. The minimum atomic E-state index is -0.747. The molecule has 5 heteroatoms. The smallest absolute Gasteiger partial charge is 0.303 e. The topological polar surface area (TPSA) is 67.2 Å². The largest absolute Gasteiger partial charge is 0.481 e. The molecule has 0 amide bonds. The van der Waals surface area contributed by atoms with Crippen molar-refractivity contribution in [3.05, 3.63) is 12.4 Å². The number of aliphatic carboxylic acids is 1. The van der Waals surface area contributed by atoms with Crippen LogP contribution in [0.5, 0.6) is 0 Å². The van der Waals surface area contributed by atoms with Crippen LogP contribution in [0.1, 0.15) is 19.8 Å². The summed E-state index contributed by atoms with van der Waals surface area (Å²) in [7, 11) is 1.90. The second kappa shape index (κ2) is 5.38. The van der Waals surface area contributed by atoms with Gasteiger partial charge in [0.1, 0.15) is 0 Å². The fourth-order valence-corrected chi connectivity index (χ4v) is 1.38. The van der Waals surface area contributed by atoms with Crippen molar-refractivity contribution in [3.63, 3.8) is 0 Å². The van der Waals surface area contributed by atoms with Gasteiger partial charge >= 0.3 is 5.97 Å². The van der Waals surface area contributed by atoms with Gasteiger partial charge < -0.3 is 15.0 Å². The molecule has 0 aromatic carbocycles. The molecule has 0 spiro atoms. The molecule has 0 saturated carbocycles. The first-order chi connectivity index (χ1) is 7.13. The lowest BCUT2D eigenvalue weighted by atomic mass is 10.0. The van der Waals surface area contributed by atoms with E-state index in [0.29, 0.717) is 6.54 Å². The molecule has 0 aliphatic heterocycles. The number of hydrogen-bond donors (Lipinski definition) is 2. The maximum atomic E-state index is 10.5. The Balaban J connectivity index is 2.41. The zero-order valence-electron chi connectivity index (χ0n) is 9.10. The number of carboxylic acids is 1. The van der Waals surface area contributed by atoms with Gasteiger partial charge in [0.25, 0.3) is 0 Å². The molecule has 5 nitrogen and oxygen atoms in total. The third-order valence-electron chi connectivity index (χ3n) is 2.41. The van der Waals surface area contributed by atoms with Crippen LogP contribution < -0.4 is 5.32 Å². The summed E-state index contributed by atoms with van der Waals surface area (Å²) in [4.78, 5) is 14.7. The van der Waals surface area contributed by atoms with Gasteiger partial charge in [0.15, 0.2) is 0 Å². The maximum absolute atomic E-state index is 10.5. The molecule has 1 aromatic rings. The predicted octanol–water partition coefficient (Wildman–Crippen LogP) is 1.33. The number of rotatable bonds is 6.